The summed E-state index contributed by atoms with van der Waals surface area (Å²) >= 11 is 1.88. The van der Waals surface area contributed by atoms with Gasteiger partial charge < -0.3 is 4.90 Å². The highest BCUT2D eigenvalue weighted by Gasteiger charge is 2.21. The summed E-state index contributed by atoms with van der Waals surface area (Å²) in [6.07, 6.45) is 1.72. The van der Waals surface area contributed by atoms with Crippen LogP contribution >= 0.6 is 11.8 Å². The molecular weight excluding hydrogens is 284 g/mol. The summed E-state index contributed by atoms with van der Waals surface area (Å²) in [5.41, 5.74) is 3.78. The largest absolute Gasteiger partial charge is 0.336 e. The molecule has 6 heteroatoms. The second-order valence-corrected chi connectivity index (χ2v) is 6.45. The lowest BCUT2D eigenvalue weighted by Gasteiger charge is -2.25. The highest BCUT2D eigenvalue weighted by Crippen LogP contribution is 2.15. The Hall–Kier alpha value is -1.82. The smallest absolute Gasteiger partial charge is 0.276 e. The summed E-state index contributed by atoms with van der Waals surface area (Å²) in [5.74, 6) is 1.97. The second kappa shape index (κ2) is 5.89. The minimum Gasteiger partial charge on any atom is -0.336 e. The lowest BCUT2D eigenvalue weighted by molar-refractivity contribution is 0.0766. The van der Waals surface area contributed by atoms with Gasteiger partial charge in [0.15, 0.2) is 5.69 Å². The second-order valence-electron chi connectivity index (χ2n) is 5.22. The molecular formula is C15H18N4OS. The molecule has 0 spiro atoms. The molecule has 0 unspecified atom stereocenters. The molecule has 2 heterocycles. The van der Waals surface area contributed by atoms with E-state index >= 15 is 0 Å². The Morgan fingerprint density at radius 1 is 1.19 bits per heavy atom. The molecule has 110 valence electrons. The Kier molecular flexibility index (Phi) is 3.96. The summed E-state index contributed by atoms with van der Waals surface area (Å²) in [6.45, 7) is 5.72. The van der Waals surface area contributed by atoms with Crippen LogP contribution in [0.5, 0.6) is 0 Å². The monoisotopic (exact) mass is 302 g/mol. The van der Waals surface area contributed by atoms with E-state index in [0.29, 0.717) is 5.69 Å². The maximum absolute atomic E-state index is 12.4. The first-order valence-electron chi connectivity index (χ1n) is 7.02. The fraction of sp³-hybridized carbons (Fsp3) is 0.400. The number of hydrogen-bond donors (Lipinski definition) is 0. The number of rotatable bonds is 2. The predicted octanol–water partition coefficient (Wildman–Crippen LogP) is 2.07. The first-order chi connectivity index (χ1) is 10.1. The molecule has 0 aliphatic carbocycles. The summed E-state index contributed by atoms with van der Waals surface area (Å²) < 4.78 is 1.67. The van der Waals surface area contributed by atoms with Gasteiger partial charge >= 0.3 is 0 Å². The van der Waals surface area contributed by atoms with E-state index in [1.54, 1.807) is 10.9 Å². The van der Waals surface area contributed by atoms with Crippen molar-refractivity contribution in [3.05, 3.63) is 41.2 Å². The van der Waals surface area contributed by atoms with Crippen molar-refractivity contribution >= 4 is 17.7 Å². The van der Waals surface area contributed by atoms with E-state index in [0.717, 1.165) is 30.3 Å². The quantitative estimate of drug-likeness (QED) is 0.852. The van der Waals surface area contributed by atoms with Gasteiger partial charge in [0.2, 0.25) is 0 Å². The van der Waals surface area contributed by atoms with Gasteiger partial charge in [0.25, 0.3) is 5.91 Å². The molecule has 1 saturated heterocycles. The van der Waals surface area contributed by atoms with E-state index in [4.69, 9.17) is 0 Å². The zero-order chi connectivity index (χ0) is 14.8. The van der Waals surface area contributed by atoms with Crippen LogP contribution in [-0.4, -0.2) is 50.4 Å². The summed E-state index contributed by atoms with van der Waals surface area (Å²) in [7, 11) is 0. The lowest BCUT2D eigenvalue weighted by Crippen LogP contribution is -2.38. The van der Waals surface area contributed by atoms with E-state index in [9.17, 15) is 4.79 Å². The highest BCUT2D eigenvalue weighted by atomic mass is 32.2. The van der Waals surface area contributed by atoms with Crippen LogP contribution in [0.25, 0.3) is 5.69 Å². The van der Waals surface area contributed by atoms with Gasteiger partial charge in [-0.2, -0.15) is 11.8 Å². The highest BCUT2D eigenvalue weighted by molar-refractivity contribution is 7.99. The van der Waals surface area contributed by atoms with Crippen molar-refractivity contribution in [1.82, 2.24) is 19.9 Å². The summed E-state index contributed by atoms with van der Waals surface area (Å²) in [4.78, 5) is 14.2. The first-order valence-corrected chi connectivity index (χ1v) is 8.17. The molecule has 2 aromatic rings. The molecule has 1 amide bonds. The third kappa shape index (κ3) is 2.95. The number of aromatic nitrogens is 3. The van der Waals surface area contributed by atoms with Crippen molar-refractivity contribution in [1.29, 1.82) is 0 Å². The van der Waals surface area contributed by atoms with E-state index in [-0.39, 0.29) is 5.91 Å². The van der Waals surface area contributed by atoms with Gasteiger partial charge in [0.1, 0.15) is 0 Å². The lowest BCUT2D eigenvalue weighted by atomic mass is 10.1. The number of hydrogen-bond acceptors (Lipinski definition) is 4. The number of aryl methyl sites for hydroxylation is 2. The topological polar surface area (TPSA) is 51.0 Å². The maximum atomic E-state index is 12.4. The molecule has 1 aromatic carbocycles. The fourth-order valence-corrected chi connectivity index (χ4v) is 3.19. The SMILES string of the molecule is Cc1ccc(-n2cc(C(=O)N3CCSCC3)nn2)cc1C. The Bertz CT molecular complexity index is 661. The number of nitrogens with zero attached hydrogens (tertiary/aromatic N) is 4. The van der Waals surface area contributed by atoms with Crippen LogP contribution in [0.3, 0.4) is 0 Å². The third-order valence-electron chi connectivity index (χ3n) is 3.77. The third-order valence-corrected chi connectivity index (χ3v) is 4.71. The van der Waals surface area contributed by atoms with Crippen LogP contribution in [0.15, 0.2) is 24.4 Å². The van der Waals surface area contributed by atoms with Gasteiger partial charge in [-0.1, -0.05) is 11.3 Å². The molecule has 5 nitrogen and oxygen atoms in total. The molecule has 0 N–H and O–H groups in total. The van der Waals surface area contributed by atoms with Gasteiger partial charge in [-0.05, 0) is 37.1 Å². The average Bonchev–Trinajstić information content (AvgIpc) is 3.00. The molecule has 3 rings (SSSR count). The summed E-state index contributed by atoms with van der Waals surface area (Å²) in [6, 6.07) is 6.09. The number of amides is 1. The van der Waals surface area contributed by atoms with Gasteiger partial charge in [-0.15, -0.1) is 5.10 Å². The molecule has 1 fully saturated rings. The molecule has 21 heavy (non-hydrogen) atoms. The van der Waals surface area contributed by atoms with Crippen molar-refractivity contribution in [2.24, 2.45) is 0 Å². The Morgan fingerprint density at radius 3 is 2.67 bits per heavy atom. The standard InChI is InChI=1S/C15H18N4OS/c1-11-3-4-13(9-12(11)2)19-10-14(16-17-19)15(20)18-5-7-21-8-6-18/h3-4,9-10H,5-8H2,1-2H3. The average molecular weight is 302 g/mol. The van der Waals surface area contributed by atoms with Crippen molar-refractivity contribution < 1.29 is 4.79 Å². The van der Waals surface area contributed by atoms with Crippen LogP contribution < -0.4 is 0 Å². The fourth-order valence-electron chi connectivity index (χ4n) is 2.28. The number of carbonyl (C=O) groups excluding carboxylic acids is 1. The molecule has 0 radical (unpaired) electrons. The van der Waals surface area contributed by atoms with Gasteiger partial charge in [0.05, 0.1) is 11.9 Å². The van der Waals surface area contributed by atoms with Gasteiger partial charge in [0, 0.05) is 24.6 Å². The zero-order valence-corrected chi connectivity index (χ0v) is 13.1. The first kappa shape index (κ1) is 14.1. The minimum absolute atomic E-state index is 0.0228. The van der Waals surface area contributed by atoms with Crippen LogP contribution in [0.4, 0.5) is 0 Å². The van der Waals surface area contributed by atoms with E-state index in [2.05, 4.69) is 36.3 Å². The number of thioether (sulfide) groups is 1. The zero-order valence-electron chi connectivity index (χ0n) is 12.2. The Labute approximate surface area is 128 Å². The van der Waals surface area contributed by atoms with Crippen LogP contribution in [0.1, 0.15) is 21.6 Å². The van der Waals surface area contributed by atoms with E-state index < -0.39 is 0 Å². The molecule has 0 saturated carbocycles. The molecule has 0 atom stereocenters. The molecule has 1 aromatic heterocycles. The van der Waals surface area contributed by atoms with Crippen LogP contribution in [0, 0.1) is 13.8 Å². The van der Waals surface area contributed by atoms with E-state index in [1.807, 2.05) is 22.7 Å². The number of benzene rings is 1. The van der Waals surface area contributed by atoms with Crippen molar-refractivity contribution in [3.8, 4) is 5.69 Å². The van der Waals surface area contributed by atoms with Gasteiger partial charge in [-0.25, -0.2) is 4.68 Å². The van der Waals surface area contributed by atoms with Crippen molar-refractivity contribution in [3.63, 3.8) is 0 Å². The van der Waals surface area contributed by atoms with E-state index in [1.165, 1.54) is 11.1 Å². The van der Waals surface area contributed by atoms with Crippen LogP contribution in [-0.2, 0) is 0 Å². The normalized spacial score (nSPS) is 15.2. The number of carbonyl (C=O) groups is 1. The maximum Gasteiger partial charge on any atom is 0.276 e. The predicted molar refractivity (Wildman–Crippen MR) is 84.1 cm³/mol. The van der Waals surface area contributed by atoms with Crippen molar-refractivity contribution in [2.45, 2.75) is 13.8 Å². The Balaban J connectivity index is 1.82. The summed E-state index contributed by atoms with van der Waals surface area (Å²) in [5, 5.41) is 8.12. The minimum atomic E-state index is -0.0228. The molecule has 1 aliphatic heterocycles. The molecule has 1 aliphatic rings. The van der Waals surface area contributed by atoms with Gasteiger partial charge in [-0.3, -0.25) is 4.79 Å². The van der Waals surface area contributed by atoms with Crippen LogP contribution in [0.2, 0.25) is 0 Å². The Morgan fingerprint density at radius 2 is 1.95 bits per heavy atom. The van der Waals surface area contributed by atoms with Crippen molar-refractivity contribution in [2.75, 3.05) is 24.6 Å². The molecule has 0 bridgehead atoms.